The van der Waals surface area contributed by atoms with Gasteiger partial charge in [0.25, 0.3) is 0 Å². The Morgan fingerprint density at radius 3 is 1.96 bits per heavy atom. The normalized spacial score (nSPS) is 12.0. The van der Waals surface area contributed by atoms with Crippen LogP contribution in [0, 0.1) is 0 Å². The van der Waals surface area contributed by atoms with Crippen molar-refractivity contribution < 1.29 is 28.5 Å². The van der Waals surface area contributed by atoms with E-state index in [1.165, 1.54) is 14.2 Å². The lowest BCUT2D eigenvalue weighted by Crippen LogP contribution is -2.25. The Morgan fingerprint density at radius 1 is 0.957 bits per heavy atom. The molecule has 0 heterocycles. The summed E-state index contributed by atoms with van der Waals surface area (Å²) in [5.41, 5.74) is 1.15. The molecule has 0 radical (unpaired) electrons. The minimum Gasteiger partial charge on any atom is -0.469 e. The van der Waals surface area contributed by atoms with Crippen molar-refractivity contribution in [3.63, 3.8) is 0 Å². The summed E-state index contributed by atoms with van der Waals surface area (Å²) in [6, 6.07) is 6.66. The molecular weight excluding hydrogens is 300 g/mol. The van der Waals surface area contributed by atoms with Crippen molar-refractivity contribution in [1.82, 2.24) is 0 Å². The van der Waals surface area contributed by atoms with Gasteiger partial charge in [-0.1, -0.05) is 12.1 Å². The van der Waals surface area contributed by atoms with Gasteiger partial charge >= 0.3 is 11.9 Å². The molecule has 0 aromatic heterocycles. The molecular formula is C17H24O6. The smallest absolute Gasteiger partial charge is 0.337 e. The molecule has 0 saturated carbocycles. The van der Waals surface area contributed by atoms with Gasteiger partial charge in [-0.25, -0.2) is 4.79 Å². The first-order chi connectivity index (χ1) is 11.1. The van der Waals surface area contributed by atoms with E-state index in [4.69, 9.17) is 14.2 Å². The fourth-order valence-electron chi connectivity index (χ4n) is 2.23. The zero-order valence-electron chi connectivity index (χ0n) is 14.0. The van der Waals surface area contributed by atoms with Crippen LogP contribution < -0.4 is 0 Å². The van der Waals surface area contributed by atoms with Crippen LogP contribution in [0.15, 0.2) is 24.3 Å². The van der Waals surface area contributed by atoms with Crippen molar-refractivity contribution in [1.29, 1.82) is 0 Å². The molecule has 1 aromatic carbocycles. The van der Waals surface area contributed by atoms with Gasteiger partial charge in [-0.15, -0.1) is 0 Å². The second kappa shape index (κ2) is 9.97. The fraction of sp³-hybridized carbons (Fsp3) is 0.529. The monoisotopic (exact) mass is 324 g/mol. The van der Waals surface area contributed by atoms with Crippen molar-refractivity contribution >= 4 is 11.9 Å². The van der Waals surface area contributed by atoms with Crippen LogP contribution in [-0.4, -0.2) is 45.7 Å². The van der Waals surface area contributed by atoms with Crippen LogP contribution in [0.4, 0.5) is 0 Å². The van der Waals surface area contributed by atoms with Crippen LogP contribution in [0.1, 0.15) is 42.1 Å². The van der Waals surface area contributed by atoms with E-state index < -0.39 is 18.2 Å². The van der Waals surface area contributed by atoms with Crippen molar-refractivity contribution in [2.24, 2.45) is 0 Å². The second-order valence-corrected chi connectivity index (χ2v) is 4.77. The Kier molecular flexibility index (Phi) is 8.29. The molecule has 0 aliphatic rings. The third-order valence-corrected chi connectivity index (χ3v) is 3.35. The number of esters is 2. The van der Waals surface area contributed by atoms with Gasteiger partial charge in [0.1, 0.15) is 0 Å². The number of carbonyl (C=O) groups is 2. The van der Waals surface area contributed by atoms with E-state index in [1.807, 2.05) is 13.8 Å². The molecule has 0 saturated heterocycles. The Morgan fingerprint density at radius 2 is 1.52 bits per heavy atom. The summed E-state index contributed by atoms with van der Waals surface area (Å²) < 4.78 is 20.6. The first-order valence-electron chi connectivity index (χ1n) is 7.56. The van der Waals surface area contributed by atoms with Gasteiger partial charge in [-0.2, -0.15) is 0 Å². The molecule has 1 unspecified atom stereocenters. The van der Waals surface area contributed by atoms with Gasteiger partial charge in [0.15, 0.2) is 6.29 Å². The lowest BCUT2D eigenvalue weighted by molar-refractivity contribution is -0.157. The minimum atomic E-state index is -0.533. The van der Waals surface area contributed by atoms with E-state index in [1.54, 1.807) is 24.3 Å². The van der Waals surface area contributed by atoms with Crippen LogP contribution in [0.25, 0.3) is 0 Å². The van der Waals surface area contributed by atoms with Crippen LogP contribution in [0.3, 0.4) is 0 Å². The molecule has 0 spiro atoms. The molecule has 0 aliphatic heterocycles. The number of rotatable bonds is 9. The number of carbonyl (C=O) groups excluding carboxylic acids is 2. The third-order valence-electron chi connectivity index (χ3n) is 3.35. The van der Waals surface area contributed by atoms with Gasteiger partial charge < -0.3 is 18.9 Å². The van der Waals surface area contributed by atoms with E-state index in [0.717, 1.165) is 5.56 Å². The number of benzene rings is 1. The summed E-state index contributed by atoms with van der Waals surface area (Å²) in [4.78, 5) is 23.6. The highest BCUT2D eigenvalue weighted by molar-refractivity contribution is 5.89. The Bertz CT molecular complexity index is 490. The minimum absolute atomic E-state index is 0.339. The highest BCUT2D eigenvalue weighted by Crippen LogP contribution is 2.25. The average Bonchev–Trinajstić information content (AvgIpc) is 2.58. The van der Waals surface area contributed by atoms with Crippen LogP contribution >= 0.6 is 0 Å². The summed E-state index contributed by atoms with van der Waals surface area (Å²) >= 11 is 0. The van der Waals surface area contributed by atoms with Gasteiger partial charge in [0, 0.05) is 19.6 Å². The Hall–Kier alpha value is -1.92. The molecule has 0 bridgehead atoms. The van der Waals surface area contributed by atoms with Crippen molar-refractivity contribution in [2.75, 3.05) is 27.4 Å². The van der Waals surface area contributed by atoms with Crippen LogP contribution in [-0.2, 0) is 23.7 Å². The highest BCUT2D eigenvalue weighted by atomic mass is 16.7. The molecule has 1 rings (SSSR count). The zero-order chi connectivity index (χ0) is 17.2. The lowest BCUT2D eigenvalue weighted by atomic mass is 9.94. The van der Waals surface area contributed by atoms with E-state index in [9.17, 15) is 9.59 Å². The SMILES string of the molecule is CCOC(CC(C(=O)OC)c1ccc(C(=O)OC)cc1)OCC. The van der Waals surface area contributed by atoms with Crippen molar-refractivity contribution in [3.8, 4) is 0 Å². The van der Waals surface area contributed by atoms with Crippen molar-refractivity contribution in [3.05, 3.63) is 35.4 Å². The first kappa shape index (κ1) is 19.1. The van der Waals surface area contributed by atoms with E-state index in [0.29, 0.717) is 25.2 Å². The van der Waals surface area contributed by atoms with Gasteiger partial charge in [-0.3, -0.25) is 4.79 Å². The van der Waals surface area contributed by atoms with Gasteiger partial charge in [0.05, 0.1) is 25.7 Å². The summed E-state index contributed by atoms with van der Waals surface area (Å²) in [5.74, 6) is -1.33. The Labute approximate surface area is 136 Å². The second-order valence-electron chi connectivity index (χ2n) is 4.77. The maximum Gasteiger partial charge on any atom is 0.337 e. The van der Waals surface area contributed by atoms with Crippen LogP contribution in [0.2, 0.25) is 0 Å². The molecule has 128 valence electrons. The molecule has 0 amide bonds. The van der Waals surface area contributed by atoms with E-state index >= 15 is 0 Å². The summed E-state index contributed by atoms with van der Waals surface area (Å²) in [7, 11) is 2.66. The molecule has 23 heavy (non-hydrogen) atoms. The maximum atomic E-state index is 12.1. The molecule has 1 aromatic rings. The summed E-state index contributed by atoms with van der Waals surface area (Å²) in [6.45, 7) is 4.70. The molecule has 1 atom stereocenters. The van der Waals surface area contributed by atoms with E-state index in [2.05, 4.69) is 4.74 Å². The topological polar surface area (TPSA) is 71.1 Å². The molecule has 6 heteroatoms. The summed E-state index contributed by atoms with van der Waals surface area (Å²) in [5, 5.41) is 0. The first-order valence-corrected chi connectivity index (χ1v) is 7.56. The largest absolute Gasteiger partial charge is 0.469 e. The zero-order valence-corrected chi connectivity index (χ0v) is 14.0. The Balaban J connectivity index is 2.97. The predicted octanol–water partition coefficient (Wildman–Crippen LogP) is 2.52. The van der Waals surface area contributed by atoms with E-state index in [-0.39, 0.29) is 5.97 Å². The van der Waals surface area contributed by atoms with Crippen molar-refractivity contribution in [2.45, 2.75) is 32.5 Å². The lowest BCUT2D eigenvalue weighted by Gasteiger charge is -2.22. The quantitative estimate of drug-likeness (QED) is 0.513. The van der Waals surface area contributed by atoms with Gasteiger partial charge in [-0.05, 0) is 31.5 Å². The number of hydrogen-bond acceptors (Lipinski definition) is 6. The molecule has 0 N–H and O–H groups in total. The standard InChI is InChI=1S/C17H24O6/c1-5-22-15(23-6-2)11-14(17(19)21-4)12-7-9-13(10-8-12)16(18)20-3/h7-10,14-15H,5-6,11H2,1-4H3. The number of hydrogen-bond donors (Lipinski definition) is 0. The van der Waals surface area contributed by atoms with Gasteiger partial charge in [0.2, 0.25) is 0 Å². The predicted molar refractivity (Wildman–Crippen MR) is 84.2 cm³/mol. The average molecular weight is 324 g/mol. The molecule has 0 fully saturated rings. The highest BCUT2D eigenvalue weighted by Gasteiger charge is 2.26. The maximum absolute atomic E-state index is 12.1. The summed E-state index contributed by atoms with van der Waals surface area (Å²) in [6.07, 6.45) is -0.152. The van der Waals surface area contributed by atoms with Crippen LogP contribution in [0.5, 0.6) is 0 Å². The molecule has 0 aliphatic carbocycles. The third kappa shape index (κ3) is 5.65. The number of ether oxygens (including phenoxy) is 4. The number of methoxy groups -OCH3 is 2. The molecule has 6 nitrogen and oxygen atoms in total. The fourth-order valence-corrected chi connectivity index (χ4v) is 2.23.